The van der Waals surface area contributed by atoms with E-state index in [9.17, 15) is 9.18 Å². The van der Waals surface area contributed by atoms with Crippen LogP contribution in [0.3, 0.4) is 0 Å². The Morgan fingerprint density at radius 1 is 0.969 bits per heavy atom. The minimum Gasteiger partial charge on any atom is -0.363 e. The van der Waals surface area contributed by atoms with Crippen molar-refractivity contribution in [3.8, 4) is 6.07 Å². The first-order valence-electron chi connectivity index (χ1n) is 11.0. The van der Waals surface area contributed by atoms with Gasteiger partial charge in [0.15, 0.2) is 0 Å². The number of nitriles is 1. The predicted octanol–water partition coefficient (Wildman–Crippen LogP) is 5.18. The molecule has 4 nitrogen and oxygen atoms in total. The van der Waals surface area contributed by atoms with E-state index in [2.05, 4.69) is 35.2 Å². The van der Waals surface area contributed by atoms with Gasteiger partial charge < -0.3 is 9.80 Å². The van der Waals surface area contributed by atoms with Crippen LogP contribution in [0.2, 0.25) is 0 Å². The summed E-state index contributed by atoms with van der Waals surface area (Å²) >= 11 is 0. The molecule has 0 N–H and O–H groups in total. The van der Waals surface area contributed by atoms with Crippen molar-refractivity contribution in [3.05, 3.63) is 101 Å². The smallest absolute Gasteiger partial charge is 0.253 e. The first-order chi connectivity index (χ1) is 15.6. The number of halogens is 1. The Morgan fingerprint density at radius 2 is 1.69 bits per heavy atom. The van der Waals surface area contributed by atoms with Crippen LogP contribution in [0.5, 0.6) is 0 Å². The van der Waals surface area contributed by atoms with Gasteiger partial charge >= 0.3 is 0 Å². The molecule has 5 rings (SSSR count). The third kappa shape index (κ3) is 3.52. The van der Waals surface area contributed by atoms with Crippen LogP contribution < -0.4 is 4.90 Å². The molecule has 1 amide bonds. The molecule has 0 aliphatic carbocycles. The standard InChI is InChI=1S/C27H24FN3O/c28-23-7-4-8-24(17-23)31-19-27(25(31)21-5-2-1-3-6-21)13-15-30(16-14-27)26(32)22-11-9-20(18-29)10-12-22/h1-12,17,25H,13-16,19H2. The van der Waals surface area contributed by atoms with Crippen molar-refractivity contribution in [3.63, 3.8) is 0 Å². The minimum atomic E-state index is -0.224. The molecule has 0 radical (unpaired) electrons. The summed E-state index contributed by atoms with van der Waals surface area (Å²) in [6, 6.07) is 26.3. The maximum absolute atomic E-state index is 13.9. The van der Waals surface area contributed by atoms with Crippen LogP contribution in [-0.4, -0.2) is 30.4 Å². The number of amides is 1. The summed E-state index contributed by atoms with van der Waals surface area (Å²) in [5.41, 5.74) is 3.37. The SMILES string of the molecule is N#Cc1ccc(C(=O)N2CCC3(CC2)CN(c2cccc(F)c2)C3c2ccccc2)cc1. The van der Waals surface area contributed by atoms with Crippen LogP contribution in [-0.2, 0) is 0 Å². The highest BCUT2D eigenvalue weighted by Crippen LogP contribution is 2.56. The summed E-state index contributed by atoms with van der Waals surface area (Å²) < 4.78 is 13.9. The highest BCUT2D eigenvalue weighted by atomic mass is 19.1. The Labute approximate surface area is 187 Å². The van der Waals surface area contributed by atoms with E-state index in [0.717, 1.165) is 25.1 Å². The maximum Gasteiger partial charge on any atom is 0.253 e. The van der Waals surface area contributed by atoms with Crippen LogP contribution >= 0.6 is 0 Å². The largest absolute Gasteiger partial charge is 0.363 e. The lowest BCUT2D eigenvalue weighted by Crippen LogP contribution is -2.62. The summed E-state index contributed by atoms with van der Waals surface area (Å²) in [5, 5.41) is 8.97. The molecule has 1 spiro atoms. The Morgan fingerprint density at radius 3 is 2.34 bits per heavy atom. The zero-order chi connectivity index (χ0) is 22.1. The molecule has 1 unspecified atom stereocenters. The van der Waals surface area contributed by atoms with E-state index in [4.69, 9.17) is 5.26 Å². The zero-order valence-electron chi connectivity index (χ0n) is 17.7. The molecule has 32 heavy (non-hydrogen) atoms. The molecule has 1 atom stereocenters. The number of carbonyl (C=O) groups is 1. The number of anilines is 1. The average molecular weight is 426 g/mol. The van der Waals surface area contributed by atoms with E-state index in [1.54, 1.807) is 36.4 Å². The van der Waals surface area contributed by atoms with Gasteiger partial charge in [0.25, 0.3) is 5.91 Å². The molecular weight excluding hydrogens is 401 g/mol. The summed E-state index contributed by atoms with van der Waals surface area (Å²) in [5.74, 6) is -0.208. The zero-order valence-corrected chi connectivity index (χ0v) is 17.7. The Kier molecular flexibility index (Phi) is 5.14. The average Bonchev–Trinajstić information content (AvgIpc) is 2.83. The van der Waals surface area contributed by atoms with Gasteiger partial charge in [0.2, 0.25) is 0 Å². The fourth-order valence-electron chi connectivity index (χ4n) is 5.26. The van der Waals surface area contributed by atoms with E-state index < -0.39 is 0 Å². The highest BCUT2D eigenvalue weighted by molar-refractivity contribution is 5.94. The third-order valence-corrected chi connectivity index (χ3v) is 6.94. The molecule has 3 aromatic rings. The first kappa shape index (κ1) is 20.3. The molecule has 2 fully saturated rings. The summed E-state index contributed by atoms with van der Waals surface area (Å²) in [7, 11) is 0. The molecule has 2 aliphatic heterocycles. The lowest BCUT2D eigenvalue weighted by atomic mass is 9.63. The van der Waals surface area contributed by atoms with Gasteiger partial charge in [-0.15, -0.1) is 0 Å². The first-order valence-corrected chi connectivity index (χ1v) is 11.0. The monoisotopic (exact) mass is 425 g/mol. The number of nitrogens with zero attached hydrogens (tertiary/aromatic N) is 3. The van der Waals surface area contributed by atoms with Gasteiger partial charge in [-0.3, -0.25) is 4.79 Å². The number of carbonyl (C=O) groups excluding carboxylic acids is 1. The van der Waals surface area contributed by atoms with Crippen molar-refractivity contribution in [1.29, 1.82) is 5.26 Å². The van der Waals surface area contributed by atoms with E-state index in [1.165, 1.54) is 11.6 Å². The predicted molar refractivity (Wildman–Crippen MR) is 122 cm³/mol. The Hall–Kier alpha value is -3.65. The van der Waals surface area contributed by atoms with Gasteiger partial charge in [-0.25, -0.2) is 4.39 Å². The molecule has 5 heteroatoms. The highest BCUT2D eigenvalue weighted by Gasteiger charge is 2.54. The number of piperidine rings is 1. The second-order valence-electron chi connectivity index (χ2n) is 8.76. The maximum atomic E-state index is 13.9. The van der Waals surface area contributed by atoms with Gasteiger partial charge in [-0.05, 0) is 60.9 Å². The molecule has 0 aromatic heterocycles. The number of rotatable bonds is 3. The molecule has 0 saturated carbocycles. The third-order valence-electron chi connectivity index (χ3n) is 6.94. The second-order valence-corrected chi connectivity index (χ2v) is 8.76. The lowest BCUT2D eigenvalue weighted by molar-refractivity contribution is 0.0271. The van der Waals surface area contributed by atoms with Gasteiger partial charge in [-0.2, -0.15) is 5.26 Å². The molecular formula is C27H24FN3O. The molecule has 2 aliphatic rings. The number of hydrogen-bond acceptors (Lipinski definition) is 3. The fourth-order valence-corrected chi connectivity index (χ4v) is 5.26. The molecule has 3 aromatic carbocycles. The number of likely N-dealkylation sites (tertiary alicyclic amines) is 1. The van der Waals surface area contributed by atoms with Crippen molar-refractivity contribution in [2.75, 3.05) is 24.5 Å². The summed E-state index contributed by atoms with van der Waals surface area (Å²) in [6.07, 6.45) is 1.81. The van der Waals surface area contributed by atoms with Crippen molar-refractivity contribution in [2.45, 2.75) is 18.9 Å². The van der Waals surface area contributed by atoms with Crippen LogP contribution in [0.1, 0.15) is 40.4 Å². The van der Waals surface area contributed by atoms with Crippen LogP contribution in [0.15, 0.2) is 78.9 Å². The van der Waals surface area contributed by atoms with Crippen molar-refractivity contribution in [1.82, 2.24) is 4.90 Å². The topological polar surface area (TPSA) is 47.3 Å². The fraction of sp³-hybridized carbons (Fsp3) is 0.259. The van der Waals surface area contributed by atoms with Crippen LogP contribution in [0, 0.1) is 22.6 Å². The van der Waals surface area contributed by atoms with E-state index in [1.807, 2.05) is 17.0 Å². The molecule has 0 bridgehead atoms. The molecule has 2 saturated heterocycles. The minimum absolute atomic E-state index is 0.0157. The number of hydrogen-bond donors (Lipinski definition) is 0. The van der Waals surface area contributed by atoms with Gasteiger partial charge in [0, 0.05) is 36.3 Å². The van der Waals surface area contributed by atoms with Crippen LogP contribution in [0.25, 0.3) is 0 Å². The number of benzene rings is 3. The van der Waals surface area contributed by atoms with E-state index >= 15 is 0 Å². The van der Waals surface area contributed by atoms with Gasteiger partial charge in [0.05, 0.1) is 17.7 Å². The summed E-state index contributed by atoms with van der Waals surface area (Å²) in [6.45, 7) is 2.24. The Bertz CT molecular complexity index is 1160. The molecule has 160 valence electrons. The van der Waals surface area contributed by atoms with E-state index in [-0.39, 0.29) is 23.2 Å². The van der Waals surface area contributed by atoms with Crippen molar-refractivity contribution >= 4 is 11.6 Å². The lowest BCUT2D eigenvalue weighted by Gasteiger charge is -2.61. The van der Waals surface area contributed by atoms with Crippen molar-refractivity contribution < 1.29 is 9.18 Å². The Balaban J connectivity index is 1.35. The van der Waals surface area contributed by atoms with E-state index in [0.29, 0.717) is 24.2 Å². The van der Waals surface area contributed by atoms with Crippen molar-refractivity contribution in [2.24, 2.45) is 5.41 Å². The summed E-state index contributed by atoms with van der Waals surface area (Å²) in [4.78, 5) is 17.2. The normalized spacial score (nSPS) is 19.3. The molecule has 2 heterocycles. The quantitative estimate of drug-likeness (QED) is 0.581. The van der Waals surface area contributed by atoms with Crippen LogP contribution in [0.4, 0.5) is 10.1 Å². The van der Waals surface area contributed by atoms with Gasteiger partial charge in [-0.1, -0.05) is 36.4 Å². The second kappa shape index (κ2) is 8.12. The van der Waals surface area contributed by atoms with Gasteiger partial charge in [0.1, 0.15) is 5.82 Å².